The van der Waals surface area contributed by atoms with E-state index in [-0.39, 0.29) is 35.5 Å². The summed E-state index contributed by atoms with van der Waals surface area (Å²) in [6.07, 6.45) is 1.75. The van der Waals surface area contributed by atoms with Crippen LogP contribution in [0.1, 0.15) is 5.01 Å². The number of nitrogens with one attached hydrogen (secondary N) is 1. The van der Waals surface area contributed by atoms with Gasteiger partial charge in [0.05, 0.1) is 17.5 Å². The van der Waals surface area contributed by atoms with Crippen LogP contribution in [0.25, 0.3) is 0 Å². The molecule has 7 nitrogen and oxygen atoms in total. The molecule has 0 bridgehead atoms. The summed E-state index contributed by atoms with van der Waals surface area (Å²) in [4.78, 5) is 18.0. The van der Waals surface area contributed by atoms with Crippen molar-refractivity contribution < 1.29 is 17.9 Å². The number of fused-ring (bicyclic) bond motifs is 1. The molecule has 9 heteroatoms. The molecule has 1 N–H and O–H groups in total. The van der Waals surface area contributed by atoms with Crippen LogP contribution in [-0.4, -0.2) is 68.1 Å². The number of likely N-dealkylation sites (tertiary alicyclic amines) is 1. The minimum atomic E-state index is -3.16. The summed E-state index contributed by atoms with van der Waals surface area (Å²) in [7, 11) is -1.72. The third kappa shape index (κ3) is 3.17. The molecule has 0 saturated carbocycles. The molecule has 0 aromatic carbocycles. The fraction of sp³-hybridized carbons (Fsp3) is 0.692. The van der Waals surface area contributed by atoms with E-state index < -0.39 is 9.84 Å². The molecule has 0 radical (unpaired) electrons. The molecule has 0 aliphatic carbocycles. The summed E-state index contributed by atoms with van der Waals surface area (Å²) < 4.78 is 29.4. The number of sulfone groups is 1. The quantitative estimate of drug-likeness (QED) is 0.774. The normalized spacial score (nSPS) is 30.3. The maximum atomic E-state index is 12.3. The summed E-state index contributed by atoms with van der Waals surface area (Å²) in [5, 5.41) is 5.31. The van der Waals surface area contributed by atoms with Gasteiger partial charge in [-0.25, -0.2) is 13.4 Å². The zero-order chi connectivity index (χ0) is 15.7. The van der Waals surface area contributed by atoms with Crippen LogP contribution in [0.5, 0.6) is 0 Å². The van der Waals surface area contributed by atoms with Gasteiger partial charge in [0.1, 0.15) is 11.6 Å². The minimum Gasteiger partial charge on any atom is -0.375 e. The van der Waals surface area contributed by atoms with E-state index >= 15 is 0 Å². The maximum Gasteiger partial charge on any atom is 0.246 e. The van der Waals surface area contributed by atoms with E-state index in [2.05, 4.69) is 15.2 Å². The topological polar surface area (TPSA) is 88.6 Å². The first-order valence-electron chi connectivity index (χ1n) is 7.10. The van der Waals surface area contributed by atoms with Crippen molar-refractivity contribution in [3.05, 3.63) is 16.6 Å². The Hall–Kier alpha value is -1.03. The predicted octanol–water partition coefficient (Wildman–Crippen LogP) is -0.497. The highest BCUT2D eigenvalue weighted by Gasteiger charge is 2.52. The van der Waals surface area contributed by atoms with Crippen molar-refractivity contribution in [3.63, 3.8) is 0 Å². The number of nitrogens with zero attached hydrogens (tertiary/aromatic N) is 2. The van der Waals surface area contributed by atoms with Crippen LogP contribution in [0.3, 0.4) is 0 Å². The largest absolute Gasteiger partial charge is 0.375 e. The standard InChI is InChI=1S/C13H19N3O4S2/c1-20-7-12(17)15-10-8-22(18,19)11-5-16(4-9(10)11)6-13-14-2-3-21-13/h2-3,9-11H,4-8H2,1H3,(H,15,17)/t9-,10+,11-/m0/s1. The molecule has 3 rings (SSSR count). The minimum absolute atomic E-state index is 0.0306. The van der Waals surface area contributed by atoms with Gasteiger partial charge in [-0.1, -0.05) is 0 Å². The van der Waals surface area contributed by atoms with Gasteiger partial charge in [0.2, 0.25) is 5.91 Å². The molecule has 3 atom stereocenters. The number of carbonyl (C=O) groups is 1. The third-order valence-corrected chi connectivity index (χ3v) is 7.25. The van der Waals surface area contributed by atoms with Crippen LogP contribution < -0.4 is 5.32 Å². The molecular formula is C13H19N3O4S2. The lowest BCUT2D eigenvalue weighted by atomic mass is 10.0. The Morgan fingerprint density at radius 3 is 3.05 bits per heavy atom. The van der Waals surface area contributed by atoms with Crippen molar-refractivity contribution in [3.8, 4) is 0 Å². The van der Waals surface area contributed by atoms with Gasteiger partial charge in [0, 0.05) is 43.7 Å². The van der Waals surface area contributed by atoms with E-state index in [1.165, 1.54) is 7.11 Å². The van der Waals surface area contributed by atoms with Gasteiger partial charge in [-0.05, 0) is 0 Å². The number of aromatic nitrogens is 1. The third-order valence-electron chi connectivity index (χ3n) is 4.24. The summed E-state index contributed by atoms with van der Waals surface area (Å²) in [5.41, 5.74) is 0. The summed E-state index contributed by atoms with van der Waals surface area (Å²) in [5.74, 6) is -0.282. The Labute approximate surface area is 133 Å². The molecule has 1 amide bonds. The van der Waals surface area contributed by atoms with Crippen LogP contribution in [0.2, 0.25) is 0 Å². The Morgan fingerprint density at radius 2 is 2.36 bits per heavy atom. The van der Waals surface area contributed by atoms with Gasteiger partial charge in [-0.15, -0.1) is 11.3 Å². The average Bonchev–Trinajstić information content (AvgIpc) is 3.11. The van der Waals surface area contributed by atoms with Crippen molar-refractivity contribution in [1.29, 1.82) is 0 Å². The van der Waals surface area contributed by atoms with E-state index in [4.69, 9.17) is 4.74 Å². The lowest BCUT2D eigenvalue weighted by molar-refractivity contribution is -0.125. The highest BCUT2D eigenvalue weighted by Crippen LogP contribution is 2.34. The van der Waals surface area contributed by atoms with Gasteiger partial charge in [0.25, 0.3) is 0 Å². The number of thiazole rings is 1. The van der Waals surface area contributed by atoms with Crippen molar-refractivity contribution in [2.24, 2.45) is 5.92 Å². The molecule has 0 unspecified atom stereocenters. The summed E-state index contributed by atoms with van der Waals surface area (Å²) in [6, 6.07) is -0.320. The number of hydrogen-bond donors (Lipinski definition) is 1. The fourth-order valence-corrected chi connectivity index (χ4v) is 6.31. The molecule has 122 valence electrons. The highest BCUT2D eigenvalue weighted by atomic mass is 32.2. The Bertz CT molecular complexity index is 632. The van der Waals surface area contributed by atoms with Crippen LogP contribution in [-0.2, 0) is 25.9 Å². The fourth-order valence-electron chi connectivity index (χ4n) is 3.32. The van der Waals surface area contributed by atoms with Gasteiger partial charge in [-0.2, -0.15) is 0 Å². The lowest BCUT2D eigenvalue weighted by Crippen LogP contribution is -2.43. The molecule has 0 spiro atoms. The number of ether oxygens (including phenoxy) is 1. The molecule has 1 aromatic rings. The number of carbonyl (C=O) groups excluding carboxylic acids is 1. The summed E-state index contributed by atoms with van der Waals surface area (Å²) >= 11 is 1.57. The first kappa shape index (κ1) is 15.9. The first-order valence-corrected chi connectivity index (χ1v) is 9.69. The molecule has 3 heterocycles. The number of hydrogen-bond acceptors (Lipinski definition) is 7. The molecule has 2 aliphatic rings. The van der Waals surface area contributed by atoms with Crippen LogP contribution >= 0.6 is 11.3 Å². The number of rotatable bonds is 5. The van der Waals surface area contributed by atoms with Gasteiger partial charge >= 0.3 is 0 Å². The lowest BCUT2D eigenvalue weighted by Gasteiger charge is -2.20. The second kappa shape index (κ2) is 6.23. The number of methoxy groups -OCH3 is 1. The second-order valence-corrected chi connectivity index (χ2v) is 9.00. The van der Waals surface area contributed by atoms with Crippen LogP contribution in [0, 0.1) is 5.92 Å². The molecule has 22 heavy (non-hydrogen) atoms. The Morgan fingerprint density at radius 1 is 1.55 bits per heavy atom. The molecule has 2 aliphatic heterocycles. The van der Waals surface area contributed by atoms with Gasteiger partial charge in [0.15, 0.2) is 9.84 Å². The monoisotopic (exact) mass is 345 g/mol. The molecular weight excluding hydrogens is 326 g/mol. The number of amides is 1. The highest BCUT2D eigenvalue weighted by molar-refractivity contribution is 7.92. The molecule has 2 saturated heterocycles. The predicted molar refractivity (Wildman–Crippen MR) is 82.3 cm³/mol. The Kier molecular flexibility index (Phi) is 4.49. The van der Waals surface area contributed by atoms with E-state index in [0.29, 0.717) is 19.6 Å². The zero-order valence-corrected chi connectivity index (χ0v) is 13.9. The van der Waals surface area contributed by atoms with Crippen LogP contribution in [0.4, 0.5) is 0 Å². The van der Waals surface area contributed by atoms with Gasteiger partial charge in [-0.3, -0.25) is 9.69 Å². The molecule has 2 fully saturated rings. The van der Waals surface area contributed by atoms with Crippen molar-refractivity contribution in [2.75, 3.05) is 32.6 Å². The summed E-state index contributed by atoms with van der Waals surface area (Å²) in [6.45, 7) is 1.81. The van der Waals surface area contributed by atoms with Crippen molar-refractivity contribution >= 4 is 27.1 Å². The smallest absolute Gasteiger partial charge is 0.246 e. The average molecular weight is 345 g/mol. The molecule has 1 aromatic heterocycles. The van der Waals surface area contributed by atoms with Crippen molar-refractivity contribution in [1.82, 2.24) is 15.2 Å². The van der Waals surface area contributed by atoms with E-state index in [1.54, 1.807) is 17.5 Å². The van der Waals surface area contributed by atoms with Gasteiger partial charge < -0.3 is 10.1 Å². The van der Waals surface area contributed by atoms with E-state index in [0.717, 1.165) is 5.01 Å². The van der Waals surface area contributed by atoms with E-state index in [1.807, 2.05) is 5.38 Å². The Balaban J connectivity index is 1.68. The first-order chi connectivity index (χ1) is 10.5. The van der Waals surface area contributed by atoms with E-state index in [9.17, 15) is 13.2 Å². The SMILES string of the molecule is COCC(=O)N[C@@H]1CS(=O)(=O)[C@H]2CN(Cc3nccs3)C[C@@H]12. The maximum absolute atomic E-state index is 12.3. The zero-order valence-electron chi connectivity index (χ0n) is 12.3. The van der Waals surface area contributed by atoms with Crippen molar-refractivity contribution in [2.45, 2.75) is 17.8 Å². The van der Waals surface area contributed by atoms with Crippen LogP contribution in [0.15, 0.2) is 11.6 Å². The second-order valence-electron chi connectivity index (χ2n) is 5.76.